The molecule has 0 radical (unpaired) electrons. The molecule has 3 N–H and O–H groups in total. The van der Waals surface area contributed by atoms with Gasteiger partial charge in [-0.25, -0.2) is 15.0 Å². The number of carbonyl (C=O) groups is 2. The molecule has 0 aliphatic carbocycles. The molecule has 0 spiro atoms. The SMILES string of the molecule is CCCNC(=O)c1cn2ncnc(Nc3cc(C(=O)NOC)ccc3C)c2c1C(F)(F)F. The molecule has 1 aromatic carbocycles. The summed E-state index contributed by atoms with van der Waals surface area (Å²) in [5, 5.41) is 9.13. The van der Waals surface area contributed by atoms with Crippen LogP contribution in [0.25, 0.3) is 5.52 Å². The highest BCUT2D eigenvalue weighted by atomic mass is 19.4. The van der Waals surface area contributed by atoms with Crippen LogP contribution in [0.3, 0.4) is 0 Å². The molecule has 170 valence electrons. The van der Waals surface area contributed by atoms with Crippen LogP contribution in [0.1, 0.15) is 45.2 Å². The highest BCUT2D eigenvalue weighted by Gasteiger charge is 2.40. The first-order valence-electron chi connectivity index (χ1n) is 9.60. The third kappa shape index (κ3) is 4.64. The molecule has 32 heavy (non-hydrogen) atoms. The van der Waals surface area contributed by atoms with E-state index in [2.05, 4.69) is 31.0 Å². The number of nitrogens with zero attached hydrogens (tertiary/aromatic N) is 3. The van der Waals surface area contributed by atoms with Crippen LogP contribution in [0.5, 0.6) is 0 Å². The van der Waals surface area contributed by atoms with Gasteiger partial charge < -0.3 is 10.6 Å². The normalized spacial score (nSPS) is 11.4. The van der Waals surface area contributed by atoms with Crippen LogP contribution in [0.15, 0.2) is 30.7 Å². The lowest BCUT2D eigenvalue weighted by Crippen LogP contribution is -2.26. The summed E-state index contributed by atoms with van der Waals surface area (Å²) in [4.78, 5) is 33.0. The zero-order chi connectivity index (χ0) is 23.5. The maximum atomic E-state index is 14.0. The quantitative estimate of drug-likeness (QED) is 0.477. The van der Waals surface area contributed by atoms with E-state index in [1.807, 2.05) is 0 Å². The molecule has 2 aromatic heterocycles. The van der Waals surface area contributed by atoms with Crippen molar-refractivity contribution in [1.82, 2.24) is 25.4 Å². The van der Waals surface area contributed by atoms with Gasteiger partial charge in [-0.1, -0.05) is 13.0 Å². The number of nitrogens with one attached hydrogen (secondary N) is 3. The van der Waals surface area contributed by atoms with E-state index in [0.717, 1.165) is 17.0 Å². The first-order valence-corrected chi connectivity index (χ1v) is 9.60. The fraction of sp³-hybridized carbons (Fsp3) is 0.300. The Bertz CT molecular complexity index is 1160. The number of rotatable bonds is 7. The Balaban J connectivity index is 2.13. The monoisotopic (exact) mass is 450 g/mol. The van der Waals surface area contributed by atoms with Crippen LogP contribution in [-0.4, -0.2) is 40.1 Å². The van der Waals surface area contributed by atoms with Crippen LogP contribution in [0.2, 0.25) is 0 Å². The molecule has 2 heterocycles. The van der Waals surface area contributed by atoms with Crippen molar-refractivity contribution in [3.8, 4) is 0 Å². The first kappa shape index (κ1) is 23.0. The number of aryl methyl sites for hydroxylation is 1. The van der Waals surface area contributed by atoms with Gasteiger partial charge in [0.2, 0.25) is 0 Å². The summed E-state index contributed by atoms with van der Waals surface area (Å²) < 4.78 is 43.0. The molecule has 0 bridgehead atoms. The predicted molar refractivity (Wildman–Crippen MR) is 110 cm³/mol. The molecule has 0 unspecified atom stereocenters. The van der Waals surface area contributed by atoms with Crippen molar-refractivity contribution in [3.05, 3.63) is 53.0 Å². The molecule has 0 aliphatic heterocycles. The molecular weight excluding hydrogens is 429 g/mol. The Morgan fingerprint density at radius 3 is 2.62 bits per heavy atom. The Morgan fingerprint density at radius 1 is 1.22 bits per heavy atom. The molecule has 2 amide bonds. The Morgan fingerprint density at radius 2 is 1.97 bits per heavy atom. The molecule has 0 atom stereocenters. The second kappa shape index (κ2) is 9.22. The van der Waals surface area contributed by atoms with E-state index >= 15 is 0 Å². The number of hydrogen-bond acceptors (Lipinski definition) is 6. The average Bonchev–Trinajstić information content (AvgIpc) is 3.15. The third-order valence-corrected chi connectivity index (χ3v) is 4.59. The van der Waals surface area contributed by atoms with E-state index < -0.39 is 34.6 Å². The molecule has 9 nitrogen and oxygen atoms in total. The van der Waals surface area contributed by atoms with E-state index in [0.29, 0.717) is 17.7 Å². The number of amides is 2. The van der Waals surface area contributed by atoms with E-state index in [-0.39, 0.29) is 17.9 Å². The topological polar surface area (TPSA) is 110 Å². The fourth-order valence-electron chi connectivity index (χ4n) is 3.07. The lowest BCUT2D eigenvalue weighted by Gasteiger charge is -2.14. The first-order chi connectivity index (χ1) is 15.2. The third-order valence-electron chi connectivity index (χ3n) is 4.59. The minimum absolute atomic E-state index is 0.172. The maximum Gasteiger partial charge on any atom is 0.419 e. The van der Waals surface area contributed by atoms with Crippen molar-refractivity contribution in [3.63, 3.8) is 0 Å². The Labute approximate surface area is 180 Å². The number of benzene rings is 1. The Hall–Kier alpha value is -3.67. The standard InChI is InChI=1S/C20H21F3N6O3/c1-4-7-24-19(31)13-9-29-16(15(13)20(21,22)23)17(25-10-26-29)27-14-8-12(6-5-11(14)2)18(30)28-32-3/h5-6,8-10H,4,7H2,1-3H3,(H,24,31)(H,28,30)(H,25,26,27). The second-order valence-corrected chi connectivity index (χ2v) is 6.86. The summed E-state index contributed by atoms with van der Waals surface area (Å²) in [6.45, 7) is 3.73. The Kier molecular flexibility index (Phi) is 6.63. The maximum absolute atomic E-state index is 14.0. The van der Waals surface area contributed by atoms with Gasteiger partial charge in [0, 0.05) is 24.0 Å². The van der Waals surface area contributed by atoms with Gasteiger partial charge >= 0.3 is 6.18 Å². The van der Waals surface area contributed by atoms with Crippen molar-refractivity contribution in [2.75, 3.05) is 19.0 Å². The van der Waals surface area contributed by atoms with E-state index in [1.165, 1.54) is 13.2 Å². The average molecular weight is 450 g/mol. The van der Waals surface area contributed by atoms with Gasteiger partial charge in [-0.05, 0) is 31.0 Å². The highest BCUT2D eigenvalue weighted by molar-refractivity contribution is 6.00. The number of hydroxylamine groups is 1. The summed E-state index contributed by atoms with van der Waals surface area (Å²) in [6, 6.07) is 4.62. The lowest BCUT2D eigenvalue weighted by molar-refractivity contribution is -0.136. The number of alkyl halides is 3. The molecular formula is C20H21F3N6O3. The summed E-state index contributed by atoms with van der Waals surface area (Å²) in [6.07, 6.45) is -2.19. The van der Waals surface area contributed by atoms with Gasteiger partial charge in [-0.3, -0.25) is 14.4 Å². The number of aromatic nitrogens is 3. The molecule has 0 aliphatic rings. The van der Waals surface area contributed by atoms with Gasteiger partial charge in [-0.15, -0.1) is 0 Å². The van der Waals surface area contributed by atoms with Crippen molar-refractivity contribution < 1.29 is 27.6 Å². The predicted octanol–water partition coefficient (Wildman–Crippen LogP) is 3.23. The zero-order valence-electron chi connectivity index (χ0n) is 17.5. The molecule has 3 aromatic rings. The minimum Gasteiger partial charge on any atom is -0.352 e. The van der Waals surface area contributed by atoms with Gasteiger partial charge in [0.25, 0.3) is 11.8 Å². The van der Waals surface area contributed by atoms with Crippen molar-refractivity contribution in [2.45, 2.75) is 26.4 Å². The summed E-state index contributed by atoms with van der Waals surface area (Å²) in [7, 11) is 1.28. The van der Waals surface area contributed by atoms with Gasteiger partial charge in [0.1, 0.15) is 11.8 Å². The van der Waals surface area contributed by atoms with Gasteiger partial charge in [-0.2, -0.15) is 18.3 Å². The van der Waals surface area contributed by atoms with Crippen LogP contribution in [-0.2, 0) is 11.0 Å². The lowest BCUT2D eigenvalue weighted by atomic mass is 10.1. The fourth-order valence-corrected chi connectivity index (χ4v) is 3.07. The second-order valence-electron chi connectivity index (χ2n) is 6.86. The van der Waals surface area contributed by atoms with Crippen molar-refractivity contribution in [2.24, 2.45) is 0 Å². The van der Waals surface area contributed by atoms with Crippen molar-refractivity contribution in [1.29, 1.82) is 0 Å². The molecule has 0 saturated carbocycles. The van der Waals surface area contributed by atoms with E-state index in [9.17, 15) is 22.8 Å². The van der Waals surface area contributed by atoms with Crippen LogP contribution in [0.4, 0.5) is 24.7 Å². The van der Waals surface area contributed by atoms with Crippen LogP contribution < -0.4 is 16.1 Å². The minimum atomic E-state index is -4.84. The smallest absolute Gasteiger partial charge is 0.352 e. The van der Waals surface area contributed by atoms with E-state index in [4.69, 9.17) is 0 Å². The number of carbonyl (C=O) groups excluding carboxylic acids is 2. The molecule has 0 saturated heterocycles. The summed E-state index contributed by atoms with van der Waals surface area (Å²) >= 11 is 0. The number of hydrogen-bond donors (Lipinski definition) is 3. The highest BCUT2D eigenvalue weighted by Crippen LogP contribution is 2.39. The van der Waals surface area contributed by atoms with Crippen molar-refractivity contribution >= 4 is 28.8 Å². The summed E-state index contributed by atoms with van der Waals surface area (Å²) in [5.74, 6) is -1.56. The number of fused-ring (bicyclic) bond motifs is 1. The van der Waals surface area contributed by atoms with Gasteiger partial charge in [0.05, 0.1) is 18.2 Å². The zero-order valence-corrected chi connectivity index (χ0v) is 17.5. The van der Waals surface area contributed by atoms with Crippen LogP contribution >= 0.6 is 0 Å². The molecule has 0 fully saturated rings. The van der Waals surface area contributed by atoms with Crippen LogP contribution in [0, 0.1) is 6.92 Å². The molecule has 3 rings (SSSR count). The van der Waals surface area contributed by atoms with E-state index in [1.54, 1.807) is 26.0 Å². The number of anilines is 2. The largest absolute Gasteiger partial charge is 0.419 e. The number of halogens is 3. The van der Waals surface area contributed by atoms with Gasteiger partial charge in [0.15, 0.2) is 5.82 Å². The molecule has 12 heteroatoms. The summed E-state index contributed by atoms with van der Waals surface area (Å²) in [5.41, 5.74) is 1.27.